The van der Waals surface area contributed by atoms with Crippen LogP contribution < -0.4 is 5.32 Å². The molecule has 144 valence electrons. The van der Waals surface area contributed by atoms with Gasteiger partial charge in [-0.3, -0.25) is 9.59 Å². The highest BCUT2D eigenvalue weighted by Gasteiger charge is 2.29. The van der Waals surface area contributed by atoms with Crippen LogP contribution in [0.5, 0.6) is 0 Å². The lowest BCUT2D eigenvalue weighted by Gasteiger charge is -2.21. The second kappa shape index (κ2) is 7.85. The van der Waals surface area contributed by atoms with Crippen molar-refractivity contribution in [3.8, 4) is 0 Å². The summed E-state index contributed by atoms with van der Waals surface area (Å²) in [6.45, 7) is 5.46. The second-order valence-corrected chi connectivity index (χ2v) is 6.40. The molecule has 0 saturated heterocycles. The van der Waals surface area contributed by atoms with E-state index in [0.29, 0.717) is 37.8 Å². The summed E-state index contributed by atoms with van der Waals surface area (Å²) in [5, 5.41) is 2.43. The highest BCUT2D eigenvalue weighted by molar-refractivity contribution is 6.05. The summed E-state index contributed by atoms with van der Waals surface area (Å²) in [6, 6.07) is 2.93. The Morgan fingerprint density at radius 2 is 1.96 bits per heavy atom. The first-order valence-electron chi connectivity index (χ1n) is 9.11. The first-order chi connectivity index (χ1) is 13.0. The quantitative estimate of drug-likeness (QED) is 0.871. The molecule has 1 aliphatic heterocycles. The van der Waals surface area contributed by atoms with Crippen molar-refractivity contribution in [2.24, 2.45) is 0 Å². The number of carbonyl (C=O) groups excluding carboxylic acids is 2. The Kier molecular flexibility index (Phi) is 5.53. The number of nitrogens with one attached hydrogen (secondary N) is 1. The molecule has 0 unspecified atom stereocenters. The number of nitrogens with zero attached hydrogens (tertiary/aromatic N) is 3. The van der Waals surface area contributed by atoms with Crippen molar-refractivity contribution in [2.45, 2.75) is 39.7 Å². The largest absolute Gasteiger partial charge is 0.337 e. The maximum absolute atomic E-state index is 13.9. The molecule has 0 bridgehead atoms. The van der Waals surface area contributed by atoms with E-state index in [1.165, 1.54) is 0 Å². The number of benzene rings is 1. The predicted molar refractivity (Wildman–Crippen MR) is 96.7 cm³/mol. The monoisotopic (exact) mass is 376 g/mol. The molecular weight excluding hydrogens is 354 g/mol. The fourth-order valence-corrected chi connectivity index (χ4v) is 3.31. The van der Waals surface area contributed by atoms with Crippen LogP contribution in [0, 0.1) is 11.6 Å². The Hall–Kier alpha value is -2.77. The molecule has 8 heteroatoms. The zero-order valence-corrected chi connectivity index (χ0v) is 15.4. The smallest absolute Gasteiger partial charge is 0.289 e. The summed E-state index contributed by atoms with van der Waals surface area (Å²) in [4.78, 5) is 31.4. The van der Waals surface area contributed by atoms with E-state index in [9.17, 15) is 18.4 Å². The Labute approximate surface area is 156 Å². The van der Waals surface area contributed by atoms with Gasteiger partial charge < -0.3 is 14.8 Å². The van der Waals surface area contributed by atoms with Crippen molar-refractivity contribution in [1.29, 1.82) is 0 Å². The number of fused-ring (bicyclic) bond motifs is 1. The van der Waals surface area contributed by atoms with Crippen LogP contribution in [0.1, 0.15) is 53.5 Å². The summed E-state index contributed by atoms with van der Waals surface area (Å²) in [5.74, 6) is -2.19. The standard InChI is InChI=1S/C19H22F2N4O2/c1-3-24(4-2)19(27)17-23-16(15-7-5-6-10-25(15)17)18(26)22-14-9-8-12(20)11-13(14)21/h8-9,11H,3-7,10H2,1-2H3,(H,22,26). The van der Waals surface area contributed by atoms with Crippen molar-refractivity contribution in [3.63, 3.8) is 0 Å². The average Bonchev–Trinajstić information content (AvgIpc) is 3.04. The molecule has 0 fully saturated rings. The third-order valence-electron chi connectivity index (χ3n) is 4.75. The number of anilines is 1. The zero-order chi connectivity index (χ0) is 19.6. The van der Waals surface area contributed by atoms with Gasteiger partial charge in [-0.05, 0) is 45.2 Å². The number of imidazole rings is 1. The van der Waals surface area contributed by atoms with Gasteiger partial charge in [0.15, 0.2) is 11.5 Å². The molecule has 1 aromatic carbocycles. The number of aromatic nitrogens is 2. The van der Waals surface area contributed by atoms with E-state index >= 15 is 0 Å². The molecule has 2 aromatic rings. The van der Waals surface area contributed by atoms with Gasteiger partial charge in [0.1, 0.15) is 11.6 Å². The van der Waals surface area contributed by atoms with Crippen LogP contribution in [0.2, 0.25) is 0 Å². The molecule has 0 spiro atoms. The van der Waals surface area contributed by atoms with Gasteiger partial charge in [-0.25, -0.2) is 13.8 Å². The molecule has 1 aromatic heterocycles. The topological polar surface area (TPSA) is 67.2 Å². The van der Waals surface area contributed by atoms with Gasteiger partial charge in [-0.2, -0.15) is 0 Å². The summed E-state index contributed by atoms with van der Waals surface area (Å²) < 4.78 is 28.7. The fraction of sp³-hybridized carbons (Fsp3) is 0.421. The lowest BCUT2D eigenvalue weighted by Crippen LogP contribution is -2.33. The van der Waals surface area contributed by atoms with Crippen molar-refractivity contribution in [3.05, 3.63) is 47.0 Å². The van der Waals surface area contributed by atoms with Crippen molar-refractivity contribution < 1.29 is 18.4 Å². The molecular formula is C19H22F2N4O2. The van der Waals surface area contributed by atoms with Crippen molar-refractivity contribution in [2.75, 3.05) is 18.4 Å². The fourth-order valence-electron chi connectivity index (χ4n) is 3.31. The molecule has 0 aliphatic carbocycles. The Morgan fingerprint density at radius 1 is 1.22 bits per heavy atom. The van der Waals surface area contributed by atoms with Crippen LogP contribution in [0.3, 0.4) is 0 Å². The van der Waals surface area contributed by atoms with Gasteiger partial charge in [-0.15, -0.1) is 0 Å². The number of hydrogen-bond donors (Lipinski definition) is 1. The van der Waals surface area contributed by atoms with Crippen molar-refractivity contribution in [1.82, 2.24) is 14.5 Å². The van der Waals surface area contributed by atoms with Crippen LogP contribution in [-0.2, 0) is 13.0 Å². The highest BCUT2D eigenvalue weighted by atomic mass is 19.1. The number of rotatable bonds is 5. The van der Waals surface area contributed by atoms with Crippen LogP contribution in [0.4, 0.5) is 14.5 Å². The summed E-state index contributed by atoms with van der Waals surface area (Å²) in [6.07, 6.45) is 2.40. The van der Waals surface area contributed by atoms with E-state index in [0.717, 1.165) is 25.0 Å². The first kappa shape index (κ1) is 19.0. The van der Waals surface area contributed by atoms with E-state index < -0.39 is 17.5 Å². The maximum Gasteiger partial charge on any atom is 0.289 e. The first-order valence-corrected chi connectivity index (χ1v) is 9.11. The van der Waals surface area contributed by atoms with E-state index in [1.807, 2.05) is 13.8 Å². The molecule has 3 rings (SSSR count). The van der Waals surface area contributed by atoms with Gasteiger partial charge in [0.25, 0.3) is 11.8 Å². The molecule has 2 amide bonds. The minimum Gasteiger partial charge on any atom is -0.337 e. The van der Waals surface area contributed by atoms with E-state index in [1.54, 1.807) is 9.47 Å². The van der Waals surface area contributed by atoms with Gasteiger partial charge >= 0.3 is 0 Å². The highest BCUT2D eigenvalue weighted by Crippen LogP contribution is 2.24. The zero-order valence-electron chi connectivity index (χ0n) is 15.4. The van der Waals surface area contributed by atoms with Crippen LogP contribution in [0.25, 0.3) is 0 Å². The van der Waals surface area contributed by atoms with E-state index in [2.05, 4.69) is 10.3 Å². The molecule has 6 nitrogen and oxygen atoms in total. The lowest BCUT2D eigenvalue weighted by atomic mass is 10.1. The van der Waals surface area contributed by atoms with Crippen LogP contribution in [0.15, 0.2) is 18.2 Å². The molecule has 0 saturated carbocycles. The number of hydrogen-bond acceptors (Lipinski definition) is 3. The van der Waals surface area contributed by atoms with Gasteiger partial charge in [0.05, 0.1) is 11.4 Å². The van der Waals surface area contributed by atoms with Gasteiger partial charge in [-0.1, -0.05) is 0 Å². The maximum atomic E-state index is 13.9. The van der Waals surface area contributed by atoms with Crippen LogP contribution in [-0.4, -0.2) is 39.4 Å². The lowest BCUT2D eigenvalue weighted by molar-refractivity contribution is 0.0754. The minimum atomic E-state index is -0.865. The third-order valence-corrected chi connectivity index (χ3v) is 4.75. The molecule has 0 atom stereocenters. The number of carbonyl (C=O) groups is 2. The molecule has 1 N–H and O–H groups in total. The second-order valence-electron chi connectivity index (χ2n) is 6.40. The molecule has 0 radical (unpaired) electrons. The molecule has 1 aliphatic rings. The third kappa shape index (κ3) is 3.70. The van der Waals surface area contributed by atoms with Crippen molar-refractivity contribution >= 4 is 17.5 Å². The van der Waals surface area contributed by atoms with Gasteiger partial charge in [0, 0.05) is 25.7 Å². The Balaban J connectivity index is 1.95. The van der Waals surface area contributed by atoms with Gasteiger partial charge in [0.2, 0.25) is 0 Å². The summed E-state index contributed by atoms with van der Waals surface area (Å²) in [7, 11) is 0. The summed E-state index contributed by atoms with van der Waals surface area (Å²) in [5.41, 5.74) is 0.668. The van der Waals surface area contributed by atoms with E-state index in [4.69, 9.17) is 0 Å². The average molecular weight is 376 g/mol. The van der Waals surface area contributed by atoms with E-state index in [-0.39, 0.29) is 23.1 Å². The molecule has 2 heterocycles. The Morgan fingerprint density at radius 3 is 2.63 bits per heavy atom. The van der Waals surface area contributed by atoms with Crippen LogP contribution >= 0.6 is 0 Å². The Bertz CT molecular complexity index is 875. The number of amides is 2. The normalized spacial score (nSPS) is 13.2. The SMILES string of the molecule is CCN(CC)C(=O)c1nc(C(=O)Nc2ccc(F)cc2F)c2n1CCCC2. The number of halogens is 2. The minimum absolute atomic E-state index is 0.119. The predicted octanol–water partition coefficient (Wildman–Crippen LogP) is 3.23. The summed E-state index contributed by atoms with van der Waals surface area (Å²) >= 11 is 0. The molecule has 27 heavy (non-hydrogen) atoms.